The van der Waals surface area contributed by atoms with Gasteiger partial charge in [0.1, 0.15) is 12.1 Å². The van der Waals surface area contributed by atoms with Crippen LogP contribution in [-0.2, 0) is 9.47 Å². The monoisotopic (exact) mass is 363 g/mol. The average Bonchev–Trinajstić information content (AvgIpc) is 3.16. The number of hydrogen-bond acceptors (Lipinski definition) is 7. The van der Waals surface area contributed by atoms with Gasteiger partial charge in [0.05, 0.1) is 36.1 Å². The van der Waals surface area contributed by atoms with Crippen LogP contribution in [0.4, 0.5) is 10.6 Å². The molecular formula is C16H21N5O3S. The fraction of sp³-hybridized carbons (Fsp3) is 0.562. The van der Waals surface area contributed by atoms with Gasteiger partial charge in [0.2, 0.25) is 0 Å². The van der Waals surface area contributed by atoms with Gasteiger partial charge in [-0.25, -0.2) is 14.8 Å². The summed E-state index contributed by atoms with van der Waals surface area (Å²) in [5.41, 5.74) is 0.977. The van der Waals surface area contributed by atoms with Crippen molar-refractivity contribution < 1.29 is 14.3 Å². The predicted molar refractivity (Wildman–Crippen MR) is 95.2 cm³/mol. The molecule has 2 saturated heterocycles. The molecule has 0 bridgehead atoms. The Morgan fingerprint density at radius 3 is 2.96 bits per heavy atom. The zero-order chi connectivity index (χ0) is 17.1. The SMILES string of the molecule is O=C(NCC1COCCO1)N1CCN(c2ncnc3ccsc23)CC1. The summed E-state index contributed by atoms with van der Waals surface area (Å²) in [7, 11) is 0. The van der Waals surface area contributed by atoms with E-state index < -0.39 is 0 Å². The van der Waals surface area contributed by atoms with E-state index in [-0.39, 0.29) is 12.1 Å². The normalized spacial score (nSPS) is 21.5. The van der Waals surface area contributed by atoms with Gasteiger partial charge in [-0.3, -0.25) is 0 Å². The lowest BCUT2D eigenvalue weighted by molar-refractivity contribution is -0.0856. The molecule has 2 aliphatic rings. The van der Waals surface area contributed by atoms with Gasteiger partial charge in [0.25, 0.3) is 0 Å². The molecule has 0 aliphatic carbocycles. The molecule has 2 aliphatic heterocycles. The highest BCUT2D eigenvalue weighted by atomic mass is 32.1. The lowest BCUT2D eigenvalue weighted by atomic mass is 10.3. The smallest absolute Gasteiger partial charge is 0.317 e. The second-order valence-corrected chi connectivity index (χ2v) is 6.98. The predicted octanol–water partition coefficient (Wildman–Crippen LogP) is 0.938. The van der Waals surface area contributed by atoms with E-state index in [2.05, 4.69) is 20.2 Å². The minimum Gasteiger partial charge on any atom is -0.376 e. The number of ether oxygens (including phenoxy) is 2. The van der Waals surface area contributed by atoms with Gasteiger partial charge in [-0.15, -0.1) is 11.3 Å². The van der Waals surface area contributed by atoms with E-state index in [4.69, 9.17) is 9.47 Å². The molecule has 4 heterocycles. The molecule has 2 fully saturated rings. The number of fused-ring (bicyclic) bond motifs is 1. The summed E-state index contributed by atoms with van der Waals surface area (Å²) in [6.45, 7) is 5.12. The van der Waals surface area contributed by atoms with Crippen molar-refractivity contribution in [1.29, 1.82) is 0 Å². The Balaban J connectivity index is 1.30. The maximum atomic E-state index is 12.3. The van der Waals surface area contributed by atoms with E-state index in [0.29, 0.717) is 39.5 Å². The Hall–Kier alpha value is -1.97. The van der Waals surface area contributed by atoms with Crippen LogP contribution >= 0.6 is 11.3 Å². The van der Waals surface area contributed by atoms with Gasteiger partial charge in [-0.1, -0.05) is 0 Å². The van der Waals surface area contributed by atoms with Crippen molar-refractivity contribution in [2.45, 2.75) is 6.10 Å². The fourth-order valence-electron chi connectivity index (χ4n) is 3.09. The molecule has 134 valence electrons. The lowest BCUT2D eigenvalue weighted by Gasteiger charge is -2.35. The van der Waals surface area contributed by atoms with Crippen LogP contribution in [0.3, 0.4) is 0 Å². The molecule has 2 aromatic rings. The van der Waals surface area contributed by atoms with Gasteiger partial charge in [0, 0.05) is 32.7 Å². The summed E-state index contributed by atoms with van der Waals surface area (Å²) < 4.78 is 12.0. The summed E-state index contributed by atoms with van der Waals surface area (Å²) in [6, 6.07) is 1.96. The van der Waals surface area contributed by atoms with Crippen molar-refractivity contribution in [2.24, 2.45) is 0 Å². The topological polar surface area (TPSA) is 79.8 Å². The first kappa shape index (κ1) is 16.5. The maximum absolute atomic E-state index is 12.3. The van der Waals surface area contributed by atoms with Crippen molar-refractivity contribution in [3.63, 3.8) is 0 Å². The molecule has 1 unspecified atom stereocenters. The van der Waals surface area contributed by atoms with E-state index in [1.807, 2.05) is 16.3 Å². The van der Waals surface area contributed by atoms with E-state index in [0.717, 1.165) is 29.1 Å². The van der Waals surface area contributed by atoms with Gasteiger partial charge in [-0.05, 0) is 11.4 Å². The Bertz CT molecular complexity index is 725. The zero-order valence-electron chi connectivity index (χ0n) is 13.9. The molecule has 4 rings (SSSR count). The van der Waals surface area contributed by atoms with Crippen LogP contribution in [0, 0.1) is 0 Å². The van der Waals surface area contributed by atoms with Crippen molar-refractivity contribution in [2.75, 3.05) is 57.4 Å². The quantitative estimate of drug-likeness (QED) is 0.874. The molecule has 0 spiro atoms. The fourth-order valence-corrected chi connectivity index (χ4v) is 3.95. The van der Waals surface area contributed by atoms with E-state index >= 15 is 0 Å². The first-order valence-electron chi connectivity index (χ1n) is 8.46. The summed E-state index contributed by atoms with van der Waals surface area (Å²) in [6.07, 6.45) is 1.56. The number of anilines is 1. The minimum absolute atomic E-state index is 0.0437. The van der Waals surface area contributed by atoms with Gasteiger partial charge >= 0.3 is 6.03 Å². The van der Waals surface area contributed by atoms with Crippen LogP contribution in [0.25, 0.3) is 10.2 Å². The largest absolute Gasteiger partial charge is 0.376 e. The Morgan fingerprint density at radius 1 is 1.28 bits per heavy atom. The Labute approximate surface area is 149 Å². The highest BCUT2D eigenvalue weighted by Gasteiger charge is 2.24. The summed E-state index contributed by atoms with van der Waals surface area (Å²) in [4.78, 5) is 25.1. The van der Waals surface area contributed by atoms with Crippen molar-refractivity contribution in [1.82, 2.24) is 20.2 Å². The second kappa shape index (κ2) is 7.51. The number of urea groups is 1. The molecule has 0 radical (unpaired) electrons. The van der Waals surface area contributed by atoms with Crippen molar-refractivity contribution in [3.8, 4) is 0 Å². The molecule has 25 heavy (non-hydrogen) atoms. The Kier molecular flexibility index (Phi) is 4.95. The molecule has 2 amide bonds. The van der Waals surface area contributed by atoms with Gasteiger partial charge < -0.3 is 24.6 Å². The molecular weight excluding hydrogens is 342 g/mol. The number of amides is 2. The summed E-state index contributed by atoms with van der Waals surface area (Å²) >= 11 is 1.65. The maximum Gasteiger partial charge on any atom is 0.317 e. The highest BCUT2D eigenvalue weighted by molar-refractivity contribution is 7.17. The third-order valence-corrected chi connectivity index (χ3v) is 5.36. The third-order valence-electron chi connectivity index (χ3n) is 4.46. The Morgan fingerprint density at radius 2 is 2.16 bits per heavy atom. The molecule has 0 aromatic carbocycles. The first-order chi connectivity index (χ1) is 12.3. The minimum atomic E-state index is -0.0490. The summed E-state index contributed by atoms with van der Waals surface area (Å²) in [5, 5.41) is 4.97. The van der Waals surface area contributed by atoms with Crippen LogP contribution < -0.4 is 10.2 Å². The molecule has 2 aromatic heterocycles. The van der Waals surface area contributed by atoms with Crippen LogP contribution in [0.1, 0.15) is 0 Å². The molecule has 1 atom stereocenters. The number of carbonyl (C=O) groups excluding carboxylic acids is 1. The number of nitrogens with one attached hydrogen (secondary N) is 1. The average molecular weight is 363 g/mol. The van der Waals surface area contributed by atoms with Crippen LogP contribution in [0.2, 0.25) is 0 Å². The molecule has 1 N–H and O–H groups in total. The number of rotatable bonds is 3. The van der Waals surface area contributed by atoms with Crippen molar-refractivity contribution in [3.05, 3.63) is 17.8 Å². The summed E-state index contributed by atoms with van der Waals surface area (Å²) in [5.74, 6) is 0.966. The highest BCUT2D eigenvalue weighted by Crippen LogP contribution is 2.28. The molecule has 9 heteroatoms. The first-order valence-corrected chi connectivity index (χ1v) is 9.34. The molecule has 0 saturated carbocycles. The second-order valence-electron chi connectivity index (χ2n) is 6.06. The lowest BCUT2D eigenvalue weighted by Crippen LogP contribution is -2.53. The van der Waals surface area contributed by atoms with E-state index in [9.17, 15) is 4.79 Å². The van der Waals surface area contributed by atoms with Crippen LogP contribution in [0.5, 0.6) is 0 Å². The number of thiophene rings is 1. The van der Waals surface area contributed by atoms with Gasteiger partial charge in [0.15, 0.2) is 0 Å². The third kappa shape index (κ3) is 3.68. The van der Waals surface area contributed by atoms with Crippen LogP contribution in [0.15, 0.2) is 17.8 Å². The van der Waals surface area contributed by atoms with E-state index in [1.54, 1.807) is 17.7 Å². The van der Waals surface area contributed by atoms with Gasteiger partial charge in [-0.2, -0.15) is 0 Å². The zero-order valence-corrected chi connectivity index (χ0v) is 14.7. The number of aromatic nitrogens is 2. The number of nitrogens with zero attached hydrogens (tertiary/aromatic N) is 4. The molecule has 8 nitrogen and oxygen atoms in total. The van der Waals surface area contributed by atoms with Crippen molar-refractivity contribution >= 4 is 33.4 Å². The number of carbonyl (C=O) groups is 1. The van der Waals surface area contributed by atoms with Crippen LogP contribution in [-0.4, -0.2) is 79.5 Å². The standard InChI is InChI=1S/C16H21N5O3S/c22-16(17-9-12-10-23-6-7-24-12)21-4-2-20(3-5-21)15-14-13(1-8-25-14)18-11-19-15/h1,8,11-12H,2-7,9-10H2,(H,17,22). The number of piperazine rings is 1. The number of hydrogen-bond donors (Lipinski definition) is 1. The van der Waals surface area contributed by atoms with E-state index in [1.165, 1.54) is 0 Å².